The number of anilines is 3. The lowest BCUT2D eigenvalue weighted by Gasteiger charge is -2.09. The first-order chi connectivity index (χ1) is 16.9. The molecule has 0 spiro atoms. The van der Waals surface area contributed by atoms with Crippen LogP contribution in [0, 0.1) is 25.5 Å². The van der Waals surface area contributed by atoms with Gasteiger partial charge in [-0.25, -0.2) is 25.8 Å². The van der Waals surface area contributed by atoms with E-state index in [-0.39, 0.29) is 22.6 Å². The first kappa shape index (κ1) is 25.6. The van der Waals surface area contributed by atoms with Gasteiger partial charge in [-0.15, -0.1) is 0 Å². The van der Waals surface area contributed by atoms with Crippen molar-refractivity contribution < 1.29 is 8.78 Å². The van der Waals surface area contributed by atoms with Crippen LogP contribution in [0.3, 0.4) is 0 Å². The topological polar surface area (TPSA) is 139 Å². The molecule has 0 unspecified atom stereocenters. The Hall–Kier alpha value is -4.03. The zero-order valence-corrected chi connectivity index (χ0v) is 19.7. The van der Waals surface area contributed by atoms with E-state index in [2.05, 4.69) is 46.0 Å². The second-order valence-electron chi connectivity index (χ2n) is 7.00. The molecular formula is C22H23ClF2N10. The predicted molar refractivity (Wildman–Crippen MR) is 129 cm³/mol. The van der Waals surface area contributed by atoms with Crippen molar-refractivity contribution in [3.8, 4) is 0 Å². The Kier molecular flexibility index (Phi) is 9.09. The number of nitrogens with zero attached hydrogens (tertiary/aromatic N) is 6. The first-order valence-electron chi connectivity index (χ1n) is 10.3. The van der Waals surface area contributed by atoms with E-state index in [0.717, 1.165) is 11.4 Å². The molecule has 0 radical (unpaired) electrons. The average Bonchev–Trinajstić information content (AvgIpc) is 2.87. The van der Waals surface area contributed by atoms with Crippen LogP contribution in [0.2, 0.25) is 5.15 Å². The predicted octanol–water partition coefficient (Wildman–Crippen LogP) is 3.80. The van der Waals surface area contributed by atoms with Crippen LogP contribution in [0.25, 0.3) is 0 Å². The van der Waals surface area contributed by atoms with E-state index in [1.807, 2.05) is 36.4 Å². The Balaban J connectivity index is 0.000000196. The fraction of sp³-hybridized carbons (Fsp3) is 0.182. The third-order valence-corrected chi connectivity index (χ3v) is 4.60. The number of hydrogen-bond donors (Lipinski definition) is 4. The Bertz CT molecular complexity index is 1250. The molecule has 0 saturated heterocycles. The van der Waals surface area contributed by atoms with Gasteiger partial charge in [0.15, 0.2) is 22.6 Å². The van der Waals surface area contributed by atoms with Gasteiger partial charge in [0, 0.05) is 12.4 Å². The summed E-state index contributed by atoms with van der Waals surface area (Å²) in [4.78, 5) is 23.7. The fourth-order valence-corrected chi connectivity index (χ4v) is 2.98. The summed E-state index contributed by atoms with van der Waals surface area (Å²) >= 11 is 5.62. The molecule has 4 rings (SSSR count). The van der Waals surface area contributed by atoms with Crippen LogP contribution in [0.5, 0.6) is 0 Å². The molecule has 0 saturated carbocycles. The second-order valence-corrected chi connectivity index (χ2v) is 7.36. The van der Waals surface area contributed by atoms with Crippen molar-refractivity contribution in [2.75, 3.05) is 16.1 Å². The molecule has 0 aliphatic rings. The molecule has 0 atom stereocenters. The van der Waals surface area contributed by atoms with Gasteiger partial charge in [-0.3, -0.25) is 9.97 Å². The lowest BCUT2D eigenvalue weighted by molar-refractivity contribution is 0.614. The number of halogens is 3. The van der Waals surface area contributed by atoms with Crippen LogP contribution < -0.4 is 21.9 Å². The summed E-state index contributed by atoms with van der Waals surface area (Å²) in [6.07, 6.45) is 3.34. The number of nitrogens with two attached hydrogens (primary N) is 1. The standard InChI is InChI=1S/C11H10ClFN4.C11H13FN6/c1-7-16-10(12)9(13)11(17-7)15-6-8-4-2-3-5-14-8;1-7-16-10(9(12)11(17-7)18-13)15-6-8-4-2-3-5-14-8/h2-5H,6H2,1H3,(H,15,16,17);2-5H,6,13H2,1H3,(H2,15,16,17,18). The zero-order valence-electron chi connectivity index (χ0n) is 18.9. The lowest BCUT2D eigenvalue weighted by Crippen LogP contribution is -2.14. The molecule has 0 aromatic carbocycles. The summed E-state index contributed by atoms with van der Waals surface area (Å²) in [6.45, 7) is 4.06. The molecule has 4 heterocycles. The maximum atomic E-state index is 13.8. The number of hydrogen-bond acceptors (Lipinski definition) is 10. The Morgan fingerprint density at radius 3 is 1.71 bits per heavy atom. The minimum absolute atomic E-state index is 0.0361. The van der Waals surface area contributed by atoms with Crippen LogP contribution in [0.1, 0.15) is 23.0 Å². The highest BCUT2D eigenvalue weighted by molar-refractivity contribution is 6.29. The van der Waals surface area contributed by atoms with Crippen molar-refractivity contribution >= 4 is 29.1 Å². The molecule has 10 nitrogen and oxygen atoms in total. The van der Waals surface area contributed by atoms with Crippen molar-refractivity contribution in [1.29, 1.82) is 0 Å². The van der Waals surface area contributed by atoms with Crippen LogP contribution in [0.4, 0.5) is 26.2 Å². The molecule has 0 fully saturated rings. The molecule has 0 bridgehead atoms. The summed E-state index contributed by atoms with van der Waals surface area (Å²) in [7, 11) is 0. The van der Waals surface area contributed by atoms with E-state index >= 15 is 0 Å². The van der Waals surface area contributed by atoms with Gasteiger partial charge in [0.1, 0.15) is 11.6 Å². The molecule has 0 aliphatic heterocycles. The van der Waals surface area contributed by atoms with E-state index in [1.54, 1.807) is 26.2 Å². The summed E-state index contributed by atoms with van der Waals surface area (Å²) in [5.74, 6) is 4.91. The minimum Gasteiger partial charge on any atom is -0.362 e. The third-order valence-electron chi connectivity index (χ3n) is 4.35. The average molecular weight is 501 g/mol. The van der Waals surface area contributed by atoms with Crippen LogP contribution in [-0.2, 0) is 13.1 Å². The van der Waals surface area contributed by atoms with Crippen molar-refractivity contribution in [2.24, 2.45) is 5.84 Å². The summed E-state index contributed by atoms with van der Waals surface area (Å²) in [6, 6.07) is 11.0. The highest BCUT2D eigenvalue weighted by Crippen LogP contribution is 2.19. The normalized spacial score (nSPS) is 10.2. The van der Waals surface area contributed by atoms with Crippen LogP contribution in [0.15, 0.2) is 48.8 Å². The molecule has 0 aliphatic carbocycles. The first-order valence-corrected chi connectivity index (χ1v) is 10.7. The third kappa shape index (κ3) is 7.48. The summed E-state index contributed by atoms with van der Waals surface area (Å²) in [5, 5.41) is 5.52. The number of pyridine rings is 2. The number of nitrogens with one attached hydrogen (secondary N) is 3. The number of aryl methyl sites for hydroxylation is 2. The van der Waals surface area contributed by atoms with E-state index in [4.69, 9.17) is 17.4 Å². The maximum absolute atomic E-state index is 13.8. The molecule has 4 aromatic heterocycles. The van der Waals surface area contributed by atoms with Gasteiger partial charge in [0.25, 0.3) is 0 Å². The van der Waals surface area contributed by atoms with Gasteiger partial charge < -0.3 is 16.1 Å². The van der Waals surface area contributed by atoms with Crippen molar-refractivity contribution in [2.45, 2.75) is 26.9 Å². The SMILES string of the molecule is Cc1nc(Cl)c(F)c(NCc2ccccn2)n1.Cc1nc(NN)c(F)c(NCc2ccccn2)n1. The van der Waals surface area contributed by atoms with Gasteiger partial charge in [0.05, 0.1) is 24.5 Å². The number of hydrazine groups is 1. The van der Waals surface area contributed by atoms with Gasteiger partial charge >= 0.3 is 0 Å². The molecule has 0 amide bonds. The maximum Gasteiger partial charge on any atom is 0.208 e. The van der Waals surface area contributed by atoms with E-state index < -0.39 is 11.6 Å². The summed E-state index contributed by atoms with van der Waals surface area (Å²) in [5.41, 5.74) is 3.77. The van der Waals surface area contributed by atoms with E-state index in [9.17, 15) is 8.78 Å². The fourth-order valence-electron chi connectivity index (χ4n) is 2.77. The Morgan fingerprint density at radius 2 is 1.23 bits per heavy atom. The van der Waals surface area contributed by atoms with Crippen molar-refractivity contribution in [3.05, 3.63) is 88.6 Å². The van der Waals surface area contributed by atoms with E-state index in [1.165, 1.54) is 0 Å². The number of nitrogen functional groups attached to an aromatic ring is 1. The molecule has 4 aromatic rings. The molecule has 182 valence electrons. The van der Waals surface area contributed by atoms with Crippen molar-refractivity contribution in [1.82, 2.24) is 29.9 Å². The van der Waals surface area contributed by atoms with Gasteiger partial charge in [0.2, 0.25) is 11.6 Å². The van der Waals surface area contributed by atoms with Gasteiger partial charge in [-0.2, -0.15) is 8.78 Å². The highest BCUT2D eigenvalue weighted by atomic mass is 35.5. The number of aromatic nitrogens is 6. The van der Waals surface area contributed by atoms with Crippen molar-refractivity contribution in [3.63, 3.8) is 0 Å². The van der Waals surface area contributed by atoms with Crippen LogP contribution >= 0.6 is 11.6 Å². The van der Waals surface area contributed by atoms with Gasteiger partial charge in [-0.05, 0) is 38.1 Å². The Labute approximate surface area is 205 Å². The monoisotopic (exact) mass is 500 g/mol. The summed E-state index contributed by atoms with van der Waals surface area (Å²) < 4.78 is 27.3. The molecular weight excluding hydrogens is 478 g/mol. The quantitative estimate of drug-likeness (QED) is 0.168. The highest BCUT2D eigenvalue weighted by Gasteiger charge is 2.12. The Morgan fingerprint density at radius 1 is 0.743 bits per heavy atom. The zero-order chi connectivity index (χ0) is 25.2. The number of rotatable bonds is 7. The van der Waals surface area contributed by atoms with E-state index in [0.29, 0.717) is 24.7 Å². The van der Waals surface area contributed by atoms with Gasteiger partial charge in [-0.1, -0.05) is 23.7 Å². The largest absolute Gasteiger partial charge is 0.362 e. The second kappa shape index (κ2) is 12.4. The smallest absolute Gasteiger partial charge is 0.208 e. The molecule has 13 heteroatoms. The lowest BCUT2D eigenvalue weighted by atomic mass is 10.3. The molecule has 35 heavy (non-hydrogen) atoms. The molecule has 5 N–H and O–H groups in total. The minimum atomic E-state index is -0.645. The van der Waals surface area contributed by atoms with Crippen LogP contribution in [-0.4, -0.2) is 29.9 Å².